The van der Waals surface area contributed by atoms with E-state index in [0.717, 1.165) is 96.6 Å². The highest BCUT2D eigenvalue weighted by molar-refractivity contribution is 5.81. The fourth-order valence-corrected chi connectivity index (χ4v) is 5.07. The lowest BCUT2D eigenvalue weighted by molar-refractivity contribution is -0.139. The number of hydrogen-bond donors (Lipinski definition) is 0. The topological polar surface area (TPSA) is 43.9 Å². The van der Waals surface area contributed by atoms with Gasteiger partial charge in [-0.25, -0.2) is 0 Å². The Hall–Kier alpha value is -1.10. The largest absolute Gasteiger partial charge is 0.342 e. The third kappa shape index (κ3) is 4.08. The van der Waals surface area contributed by atoms with Gasteiger partial charge in [0.25, 0.3) is 0 Å². The smallest absolute Gasteiger partial charge is 0.226 e. The summed E-state index contributed by atoms with van der Waals surface area (Å²) in [5.74, 6) is 2.11. The Morgan fingerprint density at radius 2 is 1.27 bits per heavy atom. The first kappa shape index (κ1) is 18.3. The zero-order valence-electron chi connectivity index (χ0n) is 16.4. The van der Waals surface area contributed by atoms with Crippen molar-refractivity contribution in [2.75, 3.05) is 39.3 Å². The molecule has 3 heterocycles. The van der Waals surface area contributed by atoms with E-state index in [2.05, 4.69) is 21.6 Å². The Morgan fingerprint density at radius 3 is 1.88 bits per heavy atom. The van der Waals surface area contributed by atoms with Gasteiger partial charge in [-0.1, -0.05) is 6.92 Å². The molecule has 1 aliphatic carbocycles. The van der Waals surface area contributed by atoms with E-state index in [4.69, 9.17) is 0 Å². The number of rotatable bonds is 3. The molecule has 3 saturated heterocycles. The van der Waals surface area contributed by atoms with E-state index in [1.807, 2.05) is 0 Å². The Morgan fingerprint density at radius 1 is 0.692 bits per heavy atom. The van der Waals surface area contributed by atoms with Gasteiger partial charge in [0, 0.05) is 44.7 Å². The van der Waals surface area contributed by atoms with E-state index >= 15 is 0 Å². The van der Waals surface area contributed by atoms with Crippen LogP contribution in [0.5, 0.6) is 0 Å². The van der Waals surface area contributed by atoms with Gasteiger partial charge < -0.3 is 9.80 Å². The van der Waals surface area contributed by atoms with Crippen LogP contribution in [-0.2, 0) is 9.59 Å². The van der Waals surface area contributed by atoms with Crippen LogP contribution in [0.2, 0.25) is 0 Å². The molecule has 0 bridgehead atoms. The van der Waals surface area contributed by atoms with E-state index in [1.165, 1.54) is 0 Å². The summed E-state index contributed by atoms with van der Waals surface area (Å²) in [6, 6.07) is 0.565. The molecule has 0 N–H and O–H groups in total. The number of carbonyl (C=O) groups excluding carboxylic acids is 2. The Balaban J connectivity index is 1.27. The first-order valence-electron chi connectivity index (χ1n) is 10.9. The molecule has 0 aromatic heterocycles. The molecular formula is C21H35N3O2. The number of likely N-dealkylation sites (tertiary alicyclic amines) is 3. The second-order valence-corrected chi connectivity index (χ2v) is 9.17. The summed E-state index contributed by atoms with van der Waals surface area (Å²) in [6.45, 7) is 8.10. The normalized spacial score (nSPS) is 29.8. The van der Waals surface area contributed by atoms with Gasteiger partial charge in [-0.3, -0.25) is 14.5 Å². The van der Waals surface area contributed by atoms with Crippen molar-refractivity contribution >= 4 is 11.8 Å². The fraction of sp³-hybridized carbons (Fsp3) is 0.905. The van der Waals surface area contributed by atoms with E-state index in [-0.39, 0.29) is 5.92 Å². The van der Waals surface area contributed by atoms with E-state index in [9.17, 15) is 9.59 Å². The average molecular weight is 362 g/mol. The second kappa shape index (κ2) is 7.87. The van der Waals surface area contributed by atoms with Gasteiger partial charge in [0.05, 0.1) is 5.92 Å². The highest BCUT2D eigenvalue weighted by Gasteiger charge is 2.37. The van der Waals surface area contributed by atoms with Gasteiger partial charge in [-0.2, -0.15) is 0 Å². The zero-order chi connectivity index (χ0) is 18.1. The molecule has 5 heteroatoms. The number of piperidine rings is 3. The molecule has 3 aliphatic heterocycles. The summed E-state index contributed by atoms with van der Waals surface area (Å²) in [5, 5.41) is 0. The molecule has 4 fully saturated rings. The van der Waals surface area contributed by atoms with Gasteiger partial charge in [0.2, 0.25) is 11.8 Å². The highest BCUT2D eigenvalue weighted by atomic mass is 16.2. The van der Waals surface area contributed by atoms with E-state index in [1.54, 1.807) is 0 Å². The summed E-state index contributed by atoms with van der Waals surface area (Å²) in [7, 11) is 0. The average Bonchev–Trinajstić information content (AvgIpc) is 3.53. The summed E-state index contributed by atoms with van der Waals surface area (Å²) in [5.41, 5.74) is 0. The van der Waals surface area contributed by atoms with Crippen LogP contribution in [0.15, 0.2) is 0 Å². The van der Waals surface area contributed by atoms with Crippen molar-refractivity contribution in [3.05, 3.63) is 0 Å². The van der Waals surface area contributed by atoms with Crippen LogP contribution in [-0.4, -0.2) is 71.8 Å². The molecular weight excluding hydrogens is 326 g/mol. The quantitative estimate of drug-likeness (QED) is 0.775. The van der Waals surface area contributed by atoms with E-state index < -0.39 is 0 Å². The predicted octanol–water partition coefficient (Wildman–Crippen LogP) is 2.36. The van der Waals surface area contributed by atoms with E-state index in [0.29, 0.717) is 23.8 Å². The maximum atomic E-state index is 13.0. The van der Waals surface area contributed by atoms with Crippen LogP contribution in [0.4, 0.5) is 0 Å². The van der Waals surface area contributed by atoms with Gasteiger partial charge in [-0.15, -0.1) is 0 Å². The highest BCUT2D eigenvalue weighted by Crippen LogP contribution is 2.33. The van der Waals surface area contributed by atoms with Crippen molar-refractivity contribution in [3.63, 3.8) is 0 Å². The summed E-state index contributed by atoms with van der Waals surface area (Å²) in [6.07, 6.45) is 8.89. The molecule has 146 valence electrons. The number of nitrogens with zero attached hydrogens (tertiary/aromatic N) is 3. The molecule has 26 heavy (non-hydrogen) atoms. The first-order chi connectivity index (χ1) is 12.6. The Labute approximate surface area is 158 Å². The minimum Gasteiger partial charge on any atom is -0.342 e. The summed E-state index contributed by atoms with van der Waals surface area (Å²) < 4.78 is 0. The van der Waals surface area contributed by atoms with Crippen LogP contribution in [0.1, 0.15) is 58.3 Å². The van der Waals surface area contributed by atoms with Crippen LogP contribution in [0.3, 0.4) is 0 Å². The Bertz CT molecular complexity index is 517. The van der Waals surface area contributed by atoms with Crippen molar-refractivity contribution in [2.45, 2.75) is 64.3 Å². The maximum absolute atomic E-state index is 13.0. The lowest BCUT2D eigenvalue weighted by Crippen LogP contribution is -2.52. The third-order valence-corrected chi connectivity index (χ3v) is 7.12. The monoisotopic (exact) mass is 361 g/mol. The zero-order valence-corrected chi connectivity index (χ0v) is 16.4. The van der Waals surface area contributed by atoms with Crippen LogP contribution in [0.25, 0.3) is 0 Å². The third-order valence-electron chi connectivity index (χ3n) is 7.12. The molecule has 5 nitrogen and oxygen atoms in total. The van der Waals surface area contributed by atoms with Crippen LogP contribution >= 0.6 is 0 Å². The predicted molar refractivity (Wildman–Crippen MR) is 102 cm³/mol. The minimum absolute atomic E-state index is 0.197. The van der Waals surface area contributed by atoms with Crippen molar-refractivity contribution in [1.82, 2.24) is 14.7 Å². The van der Waals surface area contributed by atoms with Gasteiger partial charge in [0.1, 0.15) is 0 Å². The van der Waals surface area contributed by atoms with Gasteiger partial charge in [-0.05, 0) is 63.8 Å². The fourth-order valence-electron chi connectivity index (χ4n) is 5.07. The molecule has 0 spiro atoms. The van der Waals surface area contributed by atoms with Crippen molar-refractivity contribution in [3.8, 4) is 0 Å². The molecule has 2 amide bonds. The Kier molecular flexibility index (Phi) is 5.53. The van der Waals surface area contributed by atoms with Crippen LogP contribution < -0.4 is 0 Å². The molecule has 4 rings (SSSR count). The van der Waals surface area contributed by atoms with Crippen molar-refractivity contribution in [2.24, 2.45) is 17.8 Å². The first-order valence-corrected chi connectivity index (χ1v) is 10.9. The van der Waals surface area contributed by atoms with Crippen molar-refractivity contribution < 1.29 is 9.59 Å². The van der Waals surface area contributed by atoms with Crippen molar-refractivity contribution in [1.29, 1.82) is 0 Å². The van der Waals surface area contributed by atoms with Gasteiger partial charge >= 0.3 is 0 Å². The summed E-state index contributed by atoms with van der Waals surface area (Å²) in [4.78, 5) is 32.0. The lowest BCUT2D eigenvalue weighted by Gasteiger charge is -2.43. The summed E-state index contributed by atoms with van der Waals surface area (Å²) >= 11 is 0. The molecule has 0 aromatic carbocycles. The number of carbonyl (C=O) groups is 2. The molecule has 1 unspecified atom stereocenters. The standard InChI is InChI=1S/C21H35N3O2/c1-16-6-11-22(12-7-16)21(26)18-3-2-10-24(15-18)19-8-13-23(14-9-19)20(25)17-4-5-17/h16-19H,2-15H2,1H3. The number of hydrogen-bond acceptors (Lipinski definition) is 3. The minimum atomic E-state index is 0.197. The lowest BCUT2D eigenvalue weighted by atomic mass is 9.91. The maximum Gasteiger partial charge on any atom is 0.226 e. The van der Waals surface area contributed by atoms with Gasteiger partial charge in [0.15, 0.2) is 0 Å². The SMILES string of the molecule is CC1CCN(C(=O)C2CCCN(C3CCN(C(=O)C4CC4)CC3)C2)CC1. The molecule has 0 aromatic rings. The second-order valence-electron chi connectivity index (χ2n) is 9.17. The molecule has 1 atom stereocenters. The molecule has 0 radical (unpaired) electrons. The molecule has 1 saturated carbocycles. The molecule has 4 aliphatic rings. The number of amides is 2. The van der Waals surface area contributed by atoms with Crippen LogP contribution in [0, 0.1) is 17.8 Å².